The maximum Gasteiger partial charge on any atom is 0.326 e. The van der Waals surface area contributed by atoms with Crippen LogP contribution in [0.25, 0.3) is 0 Å². The number of ether oxygens (including phenoxy) is 4. The van der Waals surface area contributed by atoms with Gasteiger partial charge < -0.3 is 55.5 Å². The minimum Gasteiger partial charge on any atom is -0.481 e. The van der Waals surface area contributed by atoms with Crippen molar-refractivity contribution in [2.45, 2.75) is 122 Å². The Bertz CT molecular complexity index is 1940. The summed E-state index contributed by atoms with van der Waals surface area (Å²) in [5.41, 5.74) is 0. The van der Waals surface area contributed by atoms with Crippen LogP contribution < -0.4 is 26.0 Å². The van der Waals surface area contributed by atoms with Crippen molar-refractivity contribution in [3.63, 3.8) is 0 Å². The zero-order valence-electron chi connectivity index (χ0n) is 39.9. The molecule has 0 saturated heterocycles. The number of carbonyl (C=O) groups excluding carboxylic acids is 7. The number of ketones is 2. The average Bonchev–Trinajstić information content (AvgIpc) is 3.83. The van der Waals surface area contributed by atoms with Crippen molar-refractivity contribution in [3.05, 3.63) is 5.82 Å². The van der Waals surface area contributed by atoms with Crippen LogP contribution in [0.15, 0.2) is 0 Å². The summed E-state index contributed by atoms with van der Waals surface area (Å²) in [6.45, 7) is 1.67. The number of carboxylic acid groups (broad SMARTS) is 3. The SMILES string of the molecule is CCC(=O)NCCCCC(NC(=O)COCCOCCCC(=O)CCC(NC(=O)CCC(CC(=O)COCCOCCNC(=O)CCCS(=O)(=O)NC(=O)CCCc1nn[nH]n1)C(=O)O)C(=O)O)C(=O)O. The molecule has 0 saturated carbocycles. The van der Waals surface area contributed by atoms with E-state index in [4.69, 9.17) is 18.9 Å². The Kier molecular flexibility index (Phi) is 33.5. The topological polar surface area (TPSA) is 417 Å². The molecule has 0 aromatic carbocycles. The van der Waals surface area contributed by atoms with Crippen molar-refractivity contribution in [1.29, 1.82) is 0 Å². The molecule has 0 bridgehead atoms. The predicted octanol–water partition coefficient (Wildman–Crippen LogP) is -1.66. The van der Waals surface area contributed by atoms with Gasteiger partial charge in [-0.05, 0) is 51.4 Å². The van der Waals surface area contributed by atoms with Crippen LogP contribution in [0.1, 0.15) is 109 Å². The van der Waals surface area contributed by atoms with E-state index in [0.29, 0.717) is 50.9 Å². The molecule has 1 aromatic heterocycles. The Morgan fingerprint density at radius 3 is 1.87 bits per heavy atom. The van der Waals surface area contributed by atoms with Crippen LogP contribution in [0, 0.1) is 5.92 Å². The van der Waals surface area contributed by atoms with Crippen LogP contribution in [0.3, 0.4) is 0 Å². The second-order valence-electron chi connectivity index (χ2n) is 15.9. The lowest BCUT2D eigenvalue weighted by molar-refractivity contribution is -0.145. The lowest BCUT2D eigenvalue weighted by atomic mass is 9.97. The number of sulfonamides is 1. The summed E-state index contributed by atoms with van der Waals surface area (Å²) in [6, 6.07) is -2.53. The molecule has 5 amide bonds. The fraction of sp³-hybridized carbons (Fsp3) is 0.738. The average molecular weight is 1040 g/mol. The number of nitrogens with one attached hydrogen (secondary N) is 6. The Balaban J connectivity index is 2.17. The fourth-order valence-corrected chi connectivity index (χ4v) is 7.21. The summed E-state index contributed by atoms with van der Waals surface area (Å²) in [5, 5.41) is 51.6. The first-order valence-corrected chi connectivity index (χ1v) is 24.9. The van der Waals surface area contributed by atoms with Crippen LogP contribution in [0.4, 0.5) is 0 Å². The number of amides is 5. The zero-order chi connectivity index (χ0) is 52.9. The van der Waals surface area contributed by atoms with Gasteiger partial charge in [-0.1, -0.05) is 12.1 Å². The van der Waals surface area contributed by atoms with Crippen LogP contribution in [0.2, 0.25) is 0 Å². The number of tetrazole rings is 1. The third kappa shape index (κ3) is 34.0. The number of aliphatic carboxylic acids is 3. The van der Waals surface area contributed by atoms with E-state index in [1.807, 2.05) is 4.72 Å². The molecule has 402 valence electrons. The van der Waals surface area contributed by atoms with Gasteiger partial charge in [0.2, 0.25) is 39.6 Å². The lowest BCUT2D eigenvalue weighted by Crippen LogP contribution is -2.42. The first-order valence-electron chi connectivity index (χ1n) is 23.2. The van der Waals surface area contributed by atoms with E-state index in [-0.39, 0.29) is 109 Å². The number of rotatable bonds is 45. The van der Waals surface area contributed by atoms with Crippen LogP contribution in [-0.4, -0.2) is 187 Å². The summed E-state index contributed by atoms with van der Waals surface area (Å²) in [6.07, 6.45) is 0.772. The first-order chi connectivity index (χ1) is 33.8. The zero-order valence-corrected chi connectivity index (χ0v) is 40.8. The maximum absolute atomic E-state index is 12.5. The molecule has 1 rings (SSSR count). The minimum absolute atomic E-state index is 0.0151. The highest BCUT2D eigenvalue weighted by Gasteiger charge is 2.26. The normalized spacial score (nSPS) is 12.5. The molecule has 0 radical (unpaired) electrons. The van der Waals surface area contributed by atoms with E-state index in [2.05, 4.69) is 41.9 Å². The Morgan fingerprint density at radius 1 is 0.577 bits per heavy atom. The summed E-state index contributed by atoms with van der Waals surface area (Å²) >= 11 is 0. The standard InChI is InChI=1S/C42H69N9O19S/c1-2-35(54)43-17-4-3-9-32(41(61)62)46-39(58)28-70-24-21-67-19-6-8-30(52)14-15-33(42(63)64)45-37(56)16-13-29(40(59)60)26-31(53)27-69-23-22-68-20-18-44-36(55)12-7-25-71(65,66)49-38(57)11-5-10-34-47-50-51-48-34/h29,32-33H,2-28H2,1H3,(H,43,54)(H,44,55)(H,45,56)(H,46,58)(H,49,57)(H,59,60)(H,61,62)(H,63,64)(H,47,48,50,51). The largest absolute Gasteiger partial charge is 0.481 e. The lowest BCUT2D eigenvalue weighted by Gasteiger charge is -2.16. The van der Waals surface area contributed by atoms with E-state index in [9.17, 15) is 71.7 Å². The maximum atomic E-state index is 12.5. The number of hydrogen-bond acceptors (Lipinski definition) is 19. The highest BCUT2D eigenvalue weighted by molar-refractivity contribution is 7.90. The van der Waals surface area contributed by atoms with E-state index < -0.39 is 107 Å². The Labute approximate surface area is 410 Å². The van der Waals surface area contributed by atoms with Crippen LogP contribution in [0.5, 0.6) is 0 Å². The summed E-state index contributed by atoms with van der Waals surface area (Å²) in [4.78, 5) is 120. The molecule has 0 fully saturated rings. The van der Waals surface area contributed by atoms with Gasteiger partial charge in [-0.2, -0.15) is 5.21 Å². The van der Waals surface area contributed by atoms with Gasteiger partial charge in [0.15, 0.2) is 11.6 Å². The molecular formula is C42H69N9O19S. The number of nitrogens with zero attached hydrogens (tertiary/aromatic N) is 3. The third-order valence-corrected chi connectivity index (χ3v) is 11.3. The summed E-state index contributed by atoms with van der Waals surface area (Å²) < 4.78 is 47.3. The van der Waals surface area contributed by atoms with E-state index >= 15 is 0 Å². The van der Waals surface area contributed by atoms with Gasteiger partial charge >= 0.3 is 17.9 Å². The molecule has 9 N–H and O–H groups in total. The smallest absolute Gasteiger partial charge is 0.326 e. The number of H-pyrrole nitrogens is 1. The molecule has 1 aromatic rings. The fourth-order valence-electron chi connectivity index (χ4n) is 6.13. The highest BCUT2D eigenvalue weighted by Crippen LogP contribution is 2.14. The van der Waals surface area contributed by atoms with E-state index in [1.165, 1.54) is 0 Å². The number of aromatic nitrogens is 4. The van der Waals surface area contributed by atoms with Gasteiger partial charge in [0.05, 0.1) is 44.7 Å². The molecule has 0 aliphatic heterocycles. The molecule has 28 nitrogen and oxygen atoms in total. The highest BCUT2D eigenvalue weighted by atomic mass is 32.2. The van der Waals surface area contributed by atoms with E-state index in [0.717, 1.165) is 0 Å². The number of Topliss-reactive ketones (excluding diaryl/α,β-unsaturated/α-hetero) is 2. The molecule has 3 unspecified atom stereocenters. The van der Waals surface area contributed by atoms with Crippen molar-refractivity contribution in [3.8, 4) is 0 Å². The third-order valence-electron chi connectivity index (χ3n) is 9.92. The van der Waals surface area contributed by atoms with Gasteiger partial charge in [0.1, 0.15) is 31.1 Å². The monoisotopic (exact) mass is 1040 g/mol. The van der Waals surface area contributed by atoms with Crippen molar-refractivity contribution in [1.82, 2.24) is 46.6 Å². The number of aryl methyl sites for hydroxylation is 1. The quantitative estimate of drug-likeness (QED) is 0.0330. The van der Waals surface area contributed by atoms with E-state index in [1.54, 1.807) is 6.92 Å². The second kappa shape index (κ2) is 37.7. The molecule has 0 aliphatic carbocycles. The van der Waals surface area contributed by atoms with Crippen LogP contribution in [-0.2, 0) is 83.3 Å². The van der Waals surface area contributed by atoms with Crippen LogP contribution >= 0.6 is 0 Å². The molecule has 29 heteroatoms. The molecular weight excluding hydrogens is 967 g/mol. The predicted molar refractivity (Wildman–Crippen MR) is 244 cm³/mol. The molecule has 71 heavy (non-hydrogen) atoms. The number of aromatic amines is 1. The van der Waals surface area contributed by atoms with Gasteiger partial charge in [-0.3, -0.25) is 43.1 Å². The Morgan fingerprint density at radius 2 is 1.21 bits per heavy atom. The van der Waals surface area contributed by atoms with Gasteiger partial charge in [-0.25, -0.2) is 18.0 Å². The van der Waals surface area contributed by atoms with Gasteiger partial charge in [0.25, 0.3) is 0 Å². The Hall–Kier alpha value is -6.04. The molecule has 0 aliphatic rings. The molecule has 1 heterocycles. The summed E-state index contributed by atoms with van der Waals surface area (Å²) in [7, 11) is -3.93. The van der Waals surface area contributed by atoms with Crippen molar-refractivity contribution in [2.24, 2.45) is 5.92 Å². The number of carboxylic acids is 3. The number of carbonyl (C=O) groups is 10. The first kappa shape index (κ1) is 63.0. The summed E-state index contributed by atoms with van der Waals surface area (Å²) in [5.74, 6) is -8.75. The second-order valence-corrected chi connectivity index (χ2v) is 17.8. The van der Waals surface area contributed by atoms with Crippen molar-refractivity contribution < 1.29 is 90.6 Å². The molecule has 3 atom stereocenters. The van der Waals surface area contributed by atoms with Crippen molar-refractivity contribution >= 4 is 69.0 Å². The number of unbranched alkanes of at least 4 members (excludes halogenated alkanes) is 1. The van der Waals surface area contributed by atoms with Gasteiger partial charge in [0, 0.05) is 71.1 Å². The van der Waals surface area contributed by atoms with Crippen molar-refractivity contribution in [2.75, 3.05) is 71.7 Å². The number of hydrogen-bond donors (Lipinski definition) is 9. The van der Waals surface area contributed by atoms with Gasteiger partial charge in [-0.15, -0.1) is 10.2 Å². The minimum atomic E-state index is -3.93. The molecule has 0 spiro atoms.